The molecular weight excluding hydrogens is 315 g/mol. The van der Waals surface area contributed by atoms with Crippen LogP contribution in [0.4, 0.5) is 10.1 Å². The Morgan fingerprint density at radius 1 is 1.00 bits per heavy atom. The Labute approximate surface area is 140 Å². The van der Waals surface area contributed by atoms with Gasteiger partial charge in [0, 0.05) is 32.7 Å². The minimum atomic E-state index is -0.536. The van der Waals surface area contributed by atoms with Gasteiger partial charge in [-0.15, -0.1) is 0 Å². The molecule has 1 rings (SSSR count). The van der Waals surface area contributed by atoms with E-state index in [1.807, 2.05) is 0 Å². The number of hydrogen-bond acceptors (Lipinski definition) is 4. The number of primary amides is 1. The summed E-state index contributed by atoms with van der Waals surface area (Å²) in [6, 6.07) is 5.39. The summed E-state index contributed by atoms with van der Waals surface area (Å²) in [5.74, 6) is -1.39. The van der Waals surface area contributed by atoms with Gasteiger partial charge >= 0.3 is 0 Å². The molecule has 132 valence electrons. The van der Waals surface area contributed by atoms with Gasteiger partial charge in [-0.2, -0.15) is 0 Å². The SMILES string of the molecule is CN(CC(=O)N(C)C)CC(=O)N(CCC(N)=O)c1ccc(F)cc1. The lowest BCUT2D eigenvalue weighted by Gasteiger charge is -2.25. The molecule has 0 heterocycles. The maximum Gasteiger partial charge on any atom is 0.241 e. The Kier molecular flexibility index (Phi) is 7.31. The zero-order chi connectivity index (χ0) is 18.3. The molecule has 3 amide bonds. The fourth-order valence-electron chi connectivity index (χ4n) is 1.99. The second kappa shape index (κ2) is 8.97. The molecule has 0 spiro atoms. The van der Waals surface area contributed by atoms with Crippen LogP contribution in [0.2, 0.25) is 0 Å². The van der Waals surface area contributed by atoms with Crippen LogP contribution in [0.1, 0.15) is 6.42 Å². The van der Waals surface area contributed by atoms with Crippen LogP contribution in [-0.2, 0) is 14.4 Å². The maximum atomic E-state index is 13.1. The second-order valence-corrected chi connectivity index (χ2v) is 5.70. The van der Waals surface area contributed by atoms with E-state index in [-0.39, 0.29) is 37.9 Å². The third-order valence-electron chi connectivity index (χ3n) is 3.33. The molecule has 0 bridgehead atoms. The molecule has 2 N–H and O–H groups in total. The highest BCUT2D eigenvalue weighted by Gasteiger charge is 2.19. The monoisotopic (exact) mass is 338 g/mol. The van der Waals surface area contributed by atoms with Gasteiger partial charge in [0.15, 0.2) is 0 Å². The van der Waals surface area contributed by atoms with Gasteiger partial charge in [0.05, 0.1) is 13.1 Å². The number of amides is 3. The predicted molar refractivity (Wildman–Crippen MR) is 88.8 cm³/mol. The lowest BCUT2D eigenvalue weighted by atomic mass is 10.2. The van der Waals surface area contributed by atoms with Crippen LogP contribution in [-0.4, -0.2) is 68.3 Å². The lowest BCUT2D eigenvalue weighted by Crippen LogP contribution is -2.43. The van der Waals surface area contributed by atoms with Crippen LogP contribution in [0.25, 0.3) is 0 Å². The molecule has 0 aromatic heterocycles. The highest BCUT2D eigenvalue weighted by atomic mass is 19.1. The first kappa shape index (κ1) is 19.6. The minimum absolute atomic E-state index is 0.0105. The molecule has 0 saturated heterocycles. The highest BCUT2D eigenvalue weighted by molar-refractivity contribution is 5.95. The van der Waals surface area contributed by atoms with E-state index in [4.69, 9.17) is 5.73 Å². The van der Waals surface area contributed by atoms with Gasteiger partial charge in [-0.25, -0.2) is 4.39 Å². The molecule has 1 aromatic rings. The standard InChI is InChI=1S/C16H23FN4O3/c1-19(2)15(23)10-20(3)11-16(24)21(9-8-14(18)22)13-6-4-12(17)5-7-13/h4-7H,8-11H2,1-3H3,(H2,18,22). The van der Waals surface area contributed by atoms with Crippen molar-refractivity contribution in [2.45, 2.75) is 6.42 Å². The molecule has 7 nitrogen and oxygen atoms in total. The van der Waals surface area contributed by atoms with Crippen molar-refractivity contribution in [1.29, 1.82) is 0 Å². The van der Waals surface area contributed by atoms with Crippen LogP contribution >= 0.6 is 0 Å². The van der Waals surface area contributed by atoms with E-state index < -0.39 is 11.7 Å². The third kappa shape index (κ3) is 6.33. The van der Waals surface area contributed by atoms with Gasteiger partial charge in [-0.05, 0) is 31.3 Å². The Hall–Kier alpha value is -2.48. The Balaban J connectivity index is 2.81. The van der Waals surface area contributed by atoms with Crippen molar-refractivity contribution < 1.29 is 18.8 Å². The van der Waals surface area contributed by atoms with Gasteiger partial charge < -0.3 is 15.5 Å². The molecule has 0 radical (unpaired) electrons. The molecular formula is C16H23FN4O3. The second-order valence-electron chi connectivity index (χ2n) is 5.70. The van der Waals surface area contributed by atoms with E-state index in [1.165, 1.54) is 34.1 Å². The number of nitrogens with two attached hydrogens (primary N) is 1. The average molecular weight is 338 g/mol. The number of likely N-dealkylation sites (N-methyl/N-ethyl adjacent to an activating group) is 2. The van der Waals surface area contributed by atoms with Crippen molar-refractivity contribution in [3.63, 3.8) is 0 Å². The Morgan fingerprint density at radius 2 is 1.54 bits per heavy atom. The molecule has 0 fully saturated rings. The van der Waals surface area contributed by atoms with Crippen molar-refractivity contribution in [2.24, 2.45) is 5.73 Å². The van der Waals surface area contributed by atoms with Crippen molar-refractivity contribution >= 4 is 23.4 Å². The smallest absolute Gasteiger partial charge is 0.241 e. The number of anilines is 1. The number of carbonyl (C=O) groups is 3. The molecule has 0 aliphatic rings. The zero-order valence-electron chi connectivity index (χ0n) is 14.2. The largest absolute Gasteiger partial charge is 0.370 e. The van der Waals surface area contributed by atoms with E-state index in [0.717, 1.165) is 0 Å². The maximum absolute atomic E-state index is 13.1. The molecule has 1 aromatic carbocycles. The summed E-state index contributed by atoms with van der Waals surface area (Å²) in [7, 11) is 4.92. The normalized spacial score (nSPS) is 10.5. The van der Waals surface area contributed by atoms with Crippen LogP contribution in [0.3, 0.4) is 0 Å². The topological polar surface area (TPSA) is 87.0 Å². The Bertz CT molecular complexity index is 589. The first-order chi connectivity index (χ1) is 11.2. The van der Waals surface area contributed by atoms with Crippen LogP contribution in [0.15, 0.2) is 24.3 Å². The van der Waals surface area contributed by atoms with Gasteiger partial charge in [-0.3, -0.25) is 19.3 Å². The molecule has 8 heteroatoms. The summed E-state index contributed by atoms with van der Waals surface area (Å²) in [6.07, 6.45) is -0.0105. The van der Waals surface area contributed by atoms with Gasteiger partial charge in [0.25, 0.3) is 0 Å². The summed E-state index contributed by atoms with van der Waals surface area (Å²) in [5.41, 5.74) is 5.61. The van der Waals surface area contributed by atoms with Gasteiger partial charge in [0.1, 0.15) is 5.82 Å². The molecule has 0 aliphatic heterocycles. The van der Waals surface area contributed by atoms with Crippen LogP contribution < -0.4 is 10.6 Å². The van der Waals surface area contributed by atoms with E-state index in [2.05, 4.69) is 0 Å². The number of halogens is 1. The quantitative estimate of drug-likeness (QED) is 0.726. The van der Waals surface area contributed by atoms with E-state index in [0.29, 0.717) is 5.69 Å². The van der Waals surface area contributed by atoms with Crippen LogP contribution in [0.5, 0.6) is 0 Å². The number of benzene rings is 1. The van der Waals surface area contributed by atoms with Gasteiger partial charge in [0.2, 0.25) is 17.7 Å². The zero-order valence-corrected chi connectivity index (χ0v) is 14.2. The van der Waals surface area contributed by atoms with E-state index >= 15 is 0 Å². The van der Waals surface area contributed by atoms with Crippen LogP contribution in [0, 0.1) is 5.82 Å². The fraction of sp³-hybridized carbons (Fsp3) is 0.438. The summed E-state index contributed by atoms with van der Waals surface area (Å²) in [6.45, 7) is 0.163. The van der Waals surface area contributed by atoms with Crippen molar-refractivity contribution in [3.8, 4) is 0 Å². The first-order valence-electron chi connectivity index (χ1n) is 7.43. The molecule has 0 aliphatic carbocycles. The summed E-state index contributed by atoms with van der Waals surface area (Å²) < 4.78 is 13.1. The van der Waals surface area contributed by atoms with Crippen molar-refractivity contribution in [2.75, 3.05) is 45.7 Å². The summed E-state index contributed by atoms with van der Waals surface area (Å²) in [4.78, 5) is 39.6. The predicted octanol–water partition coefficient (Wildman–Crippen LogP) is 0.0541. The highest BCUT2D eigenvalue weighted by Crippen LogP contribution is 2.16. The number of rotatable bonds is 8. The van der Waals surface area contributed by atoms with E-state index in [9.17, 15) is 18.8 Å². The molecule has 24 heavy (non-hydrogen) atoms. The minimum Gasteiger partial charge on any atom is -0.370 e. The van der Waals surface area contributed by atoms with E-state index in [1.54, 1.807) is 26.0 Å². The molecule has 0 unspecified atom stereocenters. The lowest BCUT2D eigenvalue weighted by molar-refractivity contribution is -0.130. The third-order valence-corrected chi connectivity index (χ3v) is 3.33. The Morgan fingerprint density at radius 3 is 2.04 bits per heavy atom. The average Bonchev–Trinajstić information content (AvgIpc) is 2.48. The summed E-state index contributed by atoms with van der Waals surface area (Å²) in [5, 5.41) is 0. The molecule has 0 atom stereocenters. The fourth-order valence-corrected chi connectivity index (χ4v) is 1.99. The van der Waals surface area contributed by atoms with Crippen molar-refractivity contribution in [3.05, 3.63) is 30.1 Å². The number of nitrogens with zero attached hydrogens (tertiary/aromatic N) is 3. The number of carbonyl (C=O) groups excluding carboxylic acids is 3. The summed E-state index contributed by atoms with van der Waals surface area (Å²) >= 11 is 0. The first-order valence-corrected chi connectivity index (χ1v) is 7.43. The van der Waals surface area contributed by atoms with Gasteiger partial charge in [-0.1, -0.05) is 0 Å². The molecule has 0 saturated carbocycles. The number of hydrogen-bond donors (Lipinski definition) is 1. The van der Waals surface area contributed by atoms with Crippen molar-refractivity contribution in [1.82, 2.24) is 9.80 Å².